The molecule has 2 aromatic heterocycles. The van der Waals surface area contributed by atoms with E-state index in [0.29, 0.717) is 35.8 Å². The minimum Gasteiger partial charge on any atom is -0.450 e. The average Bonchev–Trinajstić information content (AvgIpc) is 3.21. The van der Waals surface area contributed by atoms with Crippen molar-refractivity contribution in [2.24, 2.45) is 5.92 Å². The van der Waals surface area contributed by atoms with Crippen molar-refractivity contribution in [1.29, 1.82) is 0 Å². The summed E-state index contributed by atoms with van der Waals surface area (Å²) >= 11 is 11.7. The number of carbonyl (C=O) groups excluding carboxylic acids is 1. The van der Waals surface area contributed by atoms with E-state index in [4.69, 9.17) is 38.0 Å². The molecule has 1 amide bonds. The molecule has 0 fully saturated rings. The second-order valence-electron chi connectivity index (χ2n) is 11.1. The second kappa shape index (κ2) is 14.9. The molecule has 2 heterocycles. The van der Waals surface area contributed by atoms with Gasteiger partial charge in [0.25, 0.3) is 0 Å². The largest absolute Gasteiger partial charge is 0.450 e. The number of halogens is 3. The molecular formula is C28H37ClF2N5O4SSi. The molecular weight excluding hydrogens is 604 g/mol. The molecule has 1 aromatic carbocycles. The number of nitrogens with zero attached hydrogens (tertiary/aromatic N) is 2. The van der Waals surface area contributed by atoms with Crippen LogP contribution in [0.25, 0.3) is 11.0 Å². The van der Waals surface area contributed by atoms with E-state index in [2.05, 4.69) is 34.0 Å². The van der Waals surface area contributed by atoms with Crippen molar-refractivity contribution in [3.05, 3.63) is 47.2 Å². The molecule has 3 N–H and O–H groups in total. The highest BCUT2D eigenvalue weighted by Gasteiger charge is 2.20. The highest BCUT2D eigenvalue weighted by molar-refractivity contribution is 7.80. The molecule has 0 bridgehead atoms. The zero-order valence-electron chi connectivity index (χ0n) is 24.6. The standard InChI is InChI=1S/C28H37ClF2N5O4SSi/c1-17(14-34-27(37)40-28(2,3)4)13-33-26(41)35-18-11-20(30)24(21(31)12-18)39-22-7-8-32-25-23(22)19(29)15-36(25)16-38-9-10-42(5)6/h7-8,11-12,15,17H,9-10,13-14,16H2,1-6H3,(H,34,37)(H2,33,35,41). The third-order valence-corrected chi connectivity index (χ3v) is 7.46. The Balaban J connectivity index is 1.61. The van der Waals surface area contributed by atoms with E-state index < -0.39 is 37.9 Å². The number of fused-ring (bicyclic) bond motifs is 1. The van der Waals surface area contributed by atoms with Gasteiger partial charge in [-0.2, -0.15) is 0 Å². The fourth-order valence-corrected chi connectivity index (χ4v) is 4.74. The third-order valence-electron chi connectivity index (χ3n) is 5.72. The van der Waals surface area contributed by atoms with Gasteiger partial charge in [0.15, 0.2) is 22.5 Å². The van der Waals surface area contributed by atoms with Crippen molar-refractivity contribution in [3.63, 3.8) is 0 Å². The normalized spacial score (nSPS) is 12.3. The average molecular weight is 641 g/mol. The van der Waals surface area contributed by atoms with Gasteiger partial charge in [-0.25, -0.2) is 18.6 Å². The molecule has 42 heavy (non-hydrogen) atoms. The highest BCUT2D eigenvalue weighted by atomic mass is 35.5. The van der Waals surface area contributed by atoms with Crippen LogP contribution in [0, 0.1) is 17.6 Å². The predicted octanol–water partition coefficient (Wildman–Crippen LogP) is 6.94. The lowest BCUT2D eigenvalue weighted by Gasteiger charge is -2.21. The van der Waals surface area contributed by atoms with E-state index in [1.807, 2.05) is 6.92 Å². The molecule has 3 aromatic rings. The number of hydrogen-bond acceptors (Lipinski definition) is 6. The Morgan fingerprint density at radius 3 is 2.50 bits per heavy atom. The Labute approximate surface area is 256 Å². The van der Waals surface area contributed by atoms with E-state index in [1.54, 1.807) is 31.5 Å². The van der Waals surface area contributed by atoms with Gasteiger partial charge in [0.05, 0.1) is 10.4 Å². The van der Waals surface area contributed by atoms with Gasteiger partial charge in [-0.3, -0.25) is 0 Å². The number of amides is 1. The maximum Gasteiger partial charge on any atom is 0.407 e. The lowest BCUT2D eigenvalue weighted by atomic mass is 10.2. The molecule has 0 aliphatic carbocycles. The van der Waals surface area contributed by atoms with Crippen molar-refractivity contribution in [1.82, 2.24) is 20.2 Å². The van der Waals surface area contributed by atoms with Crippen molar-refractivity contribution in [2.45, 2.75) is 59.2 Å². The van der Waals surface area contributed by atoms with Crippen LogP contribution in [-0.4, -0.2) is 54.9 Å². The predicted molar refractivity (Wildman–Crippen MR) is 167 cm³/mol. The summed E-state index contributed by atoms with van der Waals surface area (Å²) in [6, 6.07) is 4.66. The first-order valence-electron chi connectivity index (χ1n) is 13.4. The van der Waals surface area contributed by atoms with Gasteiger partial charge < -0.3 is 34.7 Å². The lowest BCUT2D eigenvalue weighted by molar-refractivity contribution is 0.0520. The van der Waals surface area contributed by atoms with Crippen molar-refractivity contribution < 1.29 is 27.8 Å². The summed E-state index contributed by atoms with van der Waals surface area (Å²) in [6.07, 6.45) is 2.62. The number of carbonyl (C=O) groups is 1. The molecule has 1 atom stereocenters. The van der Waals surface area contributed by atoms with Crippen LogP contribution in [0.4, 0.5) is 19.3 Å². The number of rotatable bonds is 12. The van der Waals surface area contributed by atoms with Crippen LogP contribution < -0.4 is 20.7 Å². The third kappa shape index (κ3) is 10.1. The Kier molecular flexibility index (Phi) is 11.9. The number of ether oxygens (including phenoxy) is 3. The van der Waals surface area contributed by atoms with E-state index in [-0.39, 0.29) is 29.2 Å². The summed E-state index contributed by atoms with van der Waals surface area (Å²) in [4.78, 5) is 16.2. The molecule has 0 saturated heterocycles. The number of alkyl carbamates (subject to hydrolysis) is 1. The van der Waals surface area contributed by atoms with Crippen LogP contribution in [0.3, 0.4) is 0 Å². The van der Waals surface area contributed by atoms with Crippen molar-refractivity contribution in [3.8, 4) is 11.5 Å². The number of anilines is 1. The fourth-order valence-electron chi connectivity index (χ4n) is 3.69. The maximum absolute atomic E-state index is 15.0. The molecule has 0 aliphatic heterocycles. The van der Waals surface area contributed by atoms with Crippen LogP contribution in [-0.2, 0) is 16.2 Å². The van der Waals surface area contributed by atoms with Gasteiger partial charge >= 0.3 is 6.09 Å². The van der Waals surface area contributed by atoms with Crippen LogP contribution in [0.15, 0.2) is 30.6 Å². The van der Waals surface area contributed by atoms with Gasteiger partial charge in [0.1, 0.15) is 23.7 Å². The van der Waals surface area contributed by atoms with E-state index in [1.165, 1.54) is 12.3 Å². The maximum atomic E-state index is 15.0. The number of thiocarbonyl (C=S) groups is 1. The number of pyridine rings is 1. The van der Waals surface area contributed by atoms with Crippen LogP contribution in [0.5, 0.6) is 11.5 Å². The van der Waals surface area contributed by atoms with Crippen molar-refractivity contribution in [2.75, 3.05) is 25.0 Å². The molecule has 1 radical (unpaired) electrons. The zero-order valence-corrected chi connectivity index (χ0v) is 27.1. The number of benzene rings is 1. The Morgan fingerprint density at radius 1 is 1.19 bits per heavy atom. The molecule has 0 spiro atoms. The lowest BCUT2D eigenvalue weighted by Crippen LogP contribution is -2.39. The Bertz CT molecular complexity index is 1380. The van der Waals surface area contributed by atoms with Gasteiger partial charge in [-0.1, -0.05) is 31.6 Å². The van der Waals surface area contributed by atoms with Gasteiger partial charge in [-0.05, 0) is 51.0 Å². The van der Waals surface area contributed by atoms with E-state index in [0.717, 1.165) is 18.2 Å². The van der Waals surface area contributed by atoms with E-state index >= 15 is 8.78 Å². The molecule has 0 saturated carbocycles. The summed E-state index contributed by atoms with van der Waals surface area (Å²) in [5, 5.41) is 9.32. The number of hydrogen-bond donors (Lipinski definition) is 3. The second-order valence-corrected chi connectivity index (χ2v) is 14.9. The van der Waals surface area contributed by atoms with Gasteiger partial charge in [-0.15, -0.1) is 0 Å². The summed E-state index contributed by atoms with van der Waals surface area (Å²) in [6.45, 7) is 13.3. The van der Waals surface area contributed by atoms with Crippen LogP contribution >= 0.6 is 23.8 Å². The molecule has 9 nitrogen and oxygen atoms in total. The minimum atomic E-state index is -0.934. The summed E-state index contributed by atoms with van der Waals surface area (Å²) in [5.74, 6) is -2.31. The first kappa shape index (κ1) is 33.5. The summed E-state index contributed by atoms with van der Waals surface area (Å²) in [7, 11) is -0.399. The minimum absolute atomic E-state index is 0.00627. The molecule has 3 rings (SSSR count). The van der Waals surface area contributed by atoms with Crippen molar-refractivity contribution >= 4 is 60.5 Å². The topological polar surface area (TPSA) is 98.7 Å². The number of nitrogens with one attached hydrogen (secondary N) is 3. The monoisotopic (exact) mass is 640 g/mol. The van der Waals surface area contributed by atoms with Crippen LogP contribution in [0.2, 0.25) is 24.2 Å². The van der Waals surface area contributed by atoms with Gasteiger partial charge in [0.2, 0.25) is 0 Å². The molecule has 0 aliphatic rings. The molecule has 14 heteroatoms. The SMILES string of the molecule is CC(CNC(=O)OC(C)(C)C)CNC(=S)Nc1cc(F)c(Oc2ccnc3c2c(Cl)cn3COCC[Si](C)C)c(F)c1. The summed E-state index contributed by atoms with van der Waals surface area (Å²) < 4.78 is 48.4. The summed E-state index contributed by atoms with van der Waals surface area (Å²) in [5.41, 5.74) is -0.0180. The Morgan fingerprint density at radius 2 is 1.86 bits per heavy atom. The number of aromatic nitrogens is 2. The molecule has 1 unspecified atom stereocenters. The Hall–Kier alpha value is -3.00. The molecule has 229 valence electrons. The fraction of sp³-hybridized carbons (Fsp3) is 0.464. The van der Waals surface area contributed by atoms with Crippen LogP contribution in [0.1, 0.15) is 27.7 Å². The highest BCUT2D eigenvalue weighted by Crippen LogP contribution is 2.37. The first-order valence-corrected chi connectivity index (χ1v) is 16.9. The van der Waals surface area contributed by atoms with E-state index in [9.17, 15) is 4.79 Å². The zero-order chi connectivity index (χ0) is 31.0. The first-order chi connectivity index (χ1) is 19.7. The van der Waals surface area contributed by atoms with Gasteiger partial charge in [0, 0.05) is 58.7 Å². The smallest absolute Gasteiger partial charge is 0.407 e. The quantitative estimate of drug-likeness (QED) is 0.111.